The van der Waals surface area contributed by atoms with E-state index in [1.165, 1.54) is 13.2 Å². The van der Waals surface area contributed by atoms with Crippen molar-refractivity contribution in [2.45, 2.75) is 19.4 Å². The molecule has 0 aliphatic carbocycles. The molecule has 23 heavy (non-hydrogen) atoms. The van der Waals surface area contributed by atoms with Gasteiger partial charge in [-0.3, -0.25) is 4.79 Å². The molecule has 0 radical (unpaired) electrons. The molecule has 5 nitrogen and oxygen atoms in total. The minimum absolute atomic E-state index is 0.343. The maximum absolute atomic E-state index is 12.0. The van der Waals surface area contributed by atoms with E-state index in [1.807, 2.05) is 31.4 Å². The van der Waals surface area contributed by atoms with Crippen molar-refractivity contribution in [3.8, 4) is 5.75 Å². The lowest BCUT2D eigenvalue weighted by Gasteiger charge is -2.14. The lowest BCUT2D eigenvalue weighted by molar-refractivity contribution is -0.144. The zero-order valence-electron chi connectivity index (χ0n) is 13.9. The van der Waals surface area contributed by atoms with Crippen LogP contribution in [-0.2, 0) is 14.3 Å². The molecule has 1 aromatic carbocycles. The van der Waals surface area contributed by atoms with E-state index in [1.54, 1.807) is 24.9 Å². The highest BCUT2D eigenvalue weighted by molar-refractivity contribution is 7.98. The highest BCUT2D eigenvalue weighted by atomic mass is 32.2. The maximum atomic E-state index is 12.0. The van der Waals surface area contributed by atoms with E-state index in [2.05, 4.69) is 5.32 Å². The third-order valence-corrected chi connectivity index (χ3v) is 3.86. The quantitative estimate of drug-likeness (QED) is 0.583. The van der Waals surface area contributed by atoms with Gasteiger partial charge in [0, 0.05) is 11.6 Å². The van der Waals surface area contributed by atoms with Gasteiger partial charge in [0.1, 0.15) is 11.8 Å². The third kappa shape index (κ3) is 6.36. The fourth-order valence-corrected chi connectivity index (χ4v) is 2.47. The fourth-order valence-electron chi connectivity index (χ4n) is 2.00. The highest BCUT2D eigenvalue weighted by Crippen LogP contribution is 2.20. The standard InChI is InChI=1S/C17H23NO4S/c1-12-5-7-15(21-2)13(11-12)6-8-16(19)18-14(9-10-23-4)17(20)22-3/h5-8,11,14H,9-10H2,1-4H3,(H,18,19)/b8-6+/t14-/m0/s1. The fraction of sp³-hybridized carbons (Fsp3) is 0.412. The van der Waals surface area contributed by atoms with Crippen LogP contribution in [0.4, 0.5) is 0 Å². The van der Waals surface area contributed by atoms with Gasteiger partial charge in [-0.2, -0.15) is 11.8 Å². The number of rotatable bonds is 8. The summed E-state index contributed by atoms with van der Waals surface area (Å²) in [6, 6.07) is 5.08. The Morgan fingerprint density at radius 3 is 2.70 bits per heavy atom. The number of carbonyl (C=O) groups excluding carboxylic acids is 2. The van der Waals surface area contributed by atoms with Crippen LogP contribution in [0, 0.1) is 6.92 Å². The Hall–Kier alpha value is -1.95. The first-order valence-corrected chi connectivity index (χ1v) is 8.61. The topological polar surface area (TPSA) is 64.6 Å². The second kappa shape index (κ2) is 9.94. The first-order chi connectivity index (χ1) is 11.0. The Balaban J connectivity index is 2.77. The van der Waals surface area contributed by atoms with Crippen LogP contribution in [0.5, 0.6) is 5.75 Å². The van der Waals surface area contributed by atoms with Gasteiger partial charge >= 0.3 is 5.97 Å². The Kier molecular flexibility index (Phi) is 8.26. The first kappa shape index (κ1) is 19.1. The number of benzene rings is 1. The molecule has 0 unspecified atom stereocenters. The van der Waals surface area contributed by atoms with E-state index < -0.39 is 12.0 Å². The average molecular weight is 337 g/mol. The predicted octanol–water partition coefficient (Wildman–Crippen LogP) is 2.43. The molecule has 1 N–H and O–H groups in total. The number of thioether (sulfide) groups is 1. The Bertz CT molecular complexity index is 572. The van der Waals surface area contributed by atoms with Crippen molar-refractivity contribution in [3.63, 3.8) is 0 Å². The zero-order chi connectivity index (χ0) is 17.2. The van der Waals surface area contributed by atoms with Gasteiger partial charge in [0.15, 0.2) is 0 Å². The van der Waals surface area contributed by atoms with Gasteiger partial charge in [-0.15, -0.1) is 0 Å². The third-order valence-electron chi connectivity index (χ3n) is 3.21. The number of methoxy groups -OCH3 is 2. The van der Waals surface area contributed by atoms with E-state index in [-0.39, 0.29) is 5.91 Å². The van der Waals surface area contributed by atoms with Crippen molar-refractivity contribution in [3.05, 3.63) is 35.4 Å². The Morgan fingerprint density at radius 1 is 1.35 bits per heavy atom. The van der Waals surface area contributed by atoms with Gasteiger partial charge in [0.25, 0.3) is 0 Å². The van der Waals surface area contributed by atoms with Crippen molar-refractivity contribution in [1.82, 2.24) is 5.32 Å². The number of hydrogen-bond donors (Lipinski definition) is 1. The SMILES string of the molecule is COC(=O)[C@H](CCSC)NC(=O)/C=C/c1cc(C)ccc1OC. The number of carbonyl (C=O) groups is 2. The molecular formula is C17H23NO4S. The van der Waals surface area contributed by atoms with Crippen LogP contribution in [0.1, 0.15) is 17.5 Å². The summed E-state index contributed by atoms with van der Waals surface area (Å²) in [6.45, 7) is 1.96. The molecule has 126 valence electrons. The molecule has 0 heterocycles. The van der Waals surface area contributed by atoms with Crippen molar-refractivity contribution in [1.29, 1.82) is 0 Å². The minimum Gasteiger partial charge on any atom is -0.496 e. The summed E-state index contributed by atoms with van der Waals surface area (Å²) in [6.07, 6.45) is 5.54. The molecular weight excluding hydrogens is 314 g/mol. The summed E-state index contributed by atoms with van der Waals surface area (Å²) in [5, 5.41) is 2.67. The van der Waals surface area contributed by atoms with Crippen LogP contribution < -0.4 is 10.1 Å². The summed E-state index contributed by atoms with van der Waals surface area (Å²) in [5.74, 6) is 0.667. The molecule has 0 spiro atoms. The number of hydrogen-bond acceptors (Lipinski definition) is 5. The van der Waals surface area contributed by atoms with Crippen LogP contribution in [0.3, 0.4) is 0 Å². The maximum Gasteiger partial charge on any atom is 0.328 e. The molecule has 0 aromatic heterocycles. The second-order valence-electron chi connectivity index (χ2n) is 4.94. The molecule has 0 bridgehead atoms. The lowest BCUT2D eigenvalue weighted by Crippen LogP contribution is -2.41. The number of amides is 1. The number of esters is 1. The van der Waals surface area contributed by atoms with Crippen LogP contribution in [0.2, 0.25) is 0 Å². The van der Waals surface area contributed by atoms with E-state index >= 15 is 0 Å². The molecule has 0 saturated carbocycles. The molecule has 6 heteroatoms. The summed E-state index contributed by atoms with van der Waals surface area (Å²) in [5.41, 5.74) is 1.87. The smallest absolute Gasteiger partial charge is 0.328 e. The molecule has 0 aliphatic heterocycles. The molecule has 1 amide bonds. The van der Waals surface area contributed by atoms with Gasteiger partial charge in [-0.1, -0.05) is 11.6 Å². The van der Waals surface area contributed by atoms with Crippen LogP contribution in [0.25, 0.3) is 6.08 Å². The van der Waals surface area contributed by atoms with Gasteiger partial charge in [-0.25, -0.2) is 4.79 Å². The van der Waals surface area contributed by atoms with Crippen molar-refractivity contribution >= 4 is 29.7 Å². The van der Waals surface area contributed by atoms with Crippen LogP contribution >= 0.6 is 11.8 Å². The van der Waals surface area contributed by atoms with E-state index in [9.17, 15) is 9.59 Å². The van der Waals surface area contributed by atoms with Crippen molar-refractivity contribution < 1.29 is 19.1 Å². The van der Waals surface area contributed by atoms with Gasteiger partial charge in [-0.05, 0) is 43.6 Å². The summed E-state index contributed by atoms with van der Waals surface area (Å²) < 4.78 is 9.98. The molecule has 1 atom stereocenters. The van der Waals surface area contributed by atoms with Gasteiger partial charge < -0.3 is 14.8 Å². The number of nitrogens with one attached hydrogen (secondary N) is 1. The predicted molar refractivity (Wildman–Crippen MR) is 93.7 cm³/mol. The Labute approximate surface area is 141 Å². The zero-order valence-corrected chi connectivity index (χ0v) is 14.7. The Morgan fingerprint density at radius 2 is 2.09 bits per heavy atom. The molecule has 1 rings (SSSR count). The number of aryl methyl sites for hydroxylation is 1. The van der Waals surface area contributed by atoms with Gasteiger partial charge in [0.05, 0.1) is 14.2 Å². The summed E-state index contributed by atoms with van der Waals surface area (Å²) >= 11 is 1.61. The molecule has 0 aliphatic rings. The van der Waals surface area contributed by atoms with E-state index in [0.29, 0.717) is 12.2 Å². The second-order valence-corrected chi connectivity index (χ2v) is 5.93. The van der Waals surface area contributed by atoms with Crippen molar-refractivity contribution in [2.24, 2.45) is 0 Å². The summed E-state index contributed by atoms with van der Waals surface area (Å²) in [4.78, 5) is 23.7. The molecule has 0 fully saturated rings. The first-order valence-electron chi connectivity index (χ1n) is 7.21. The molecule has 0 saturated heterocycles. The normalized spacial score (nSPS) is 12.0. The molecule has 1 aromatic rings. The van der Waals surface area contributed by atoms with Crippen LogP contribution in [0.15, 0.2) is 24.3 Å². The average Bonchev–Trinajstić information content (AvgIpc) is 2.56. The lowest BCUT2D eigenvalue weighted by atomic mass is 10.1. The summed E-state index contributed by atoms with van der Waals surface area (Å²) in [7, 11) is 2.89. The minimum atomic E-state index is -0.635. The van der Waals surface area contributed by atoms with Gasteiger partial charge in [0.2, 0.25) is 5.91 Å². The van der Waals surface area contributed by atoms with E-state index in [4.69, 9.17) is 9.47 Å². The van der Waals surface area contributed by atoms with Crippen molar-refractivity contribution in [2.75, 3.05) is 26.2 Å². The largest absolute Gasteiger partial charge is 0.496 e. The monoisotopic (exact) mass is 337 g/mol. The van der Waals surface area contributed by atoms with E-state index in [0.717, 1.165) is 16.9 Å². The highest BCUT2D eigenvalue weighted by Gasteiger charge is 2.19. The number of ether oxygens (including phenoxy) is 2. The van der Waals surface area contributed by atoms with Crippen LogP contribution in [-0.4, -0.2) is 44.1 Å².